The fourth-order valence-corrected chi connectivity index (χ4v) is 7.11. The number of benzene rings is 6. The first-order chi connectivity index (χ1) is 25.7. The molecule has 10 aromatic rings. The van der Waals surface area contributed by atoms with E-state index in [2.05, 4.69) is 146 Å². The van der Waals surface area contributed by atoms with Gasteiger partial charge in [-0.05, 0) is 47.5 Å². The number of nitrogens with zero attached hydrogens (tertiary/aromatic N) is 4. The summed E-state index contributed by atoms with van der Waals surface area (Å²) in [6.45, 7) is 0. The molecule has 0 fully saturated rings. The molecule has 0 aliphatic rings. The molecule has 4 heteroatoms. The van der Waals surface area contributed by atoms with Crippen molar-refractivity contribution >= 4 is 43.6 Å². The molecular formula is C48H30N4. The van der Waals surface area contributed by atoms with Gasteiger partial charge in [0, 0.05) is 43.8 Å². The molecule has 0 saturated heterocycles. The molecule has 52 heavy (non-hydrogen) atoms. The normalized spacial score (nSPS) is 11.5. The molecule has 0 N–H and O–H groups in total. The summed E-state index contributed by atoms with van der Waals surface area (Å²) in [4.78, 5) is 20.6. The highest BCUT2D eigenvalue weighted by Gasteiger charge is 2.12. The van der Waals surface area contributed by atoms with Gasteiger partial charge in [-0.2, -0.15) is 0 Å². The highest BCUT2D eigenvalue weighted by atomic mass is 14.8. The Balaban J connectivity index is 1.02. The van der Waals surface area contributed by atoms with Crippen molar-refractivity contribution < 1.29 is 0 Å². The zero-order valence-corrected chi connectivity index (χ0v) is 28.1. The lowest BCUT2D eigenvalue weighted by Gasteiger charge is -2.11. The molecule has 0 saturated carbocycles. The van der Waals surface area contributed by atoms with E-state index in [1.807, 2.05) is 36.4 Å². The average Bonchev–Trinajstić information content (AvgIpc) is 3.23. The van der Waals surface area contributed by atoms with Gasteiger partial charge < -0.3 is 0 Å². The van der Waals surface area contributed by atoms with Crippen LogP contribution in [0.5, 0.6) is 0 Å². The van der Waals surface area contributed by atoms with Gasteiger partial charge in [-0.3, -0.25) is 0 Å². The van der Waals surface area contributed by atoms with Crippen LogP contribution in [0.3, 0.4) is 0 Å². The number of hydrogen-bond donors (Lipinski definition) is 0. The van der Waals surface area contributed by atoms with E-state index < -0.39 is 0 Å². The summed E-state index contributed by atoms with van der Waals surface area (Å²) < 4.78 is 0. The van der Waals surface area contributed by atoms with Crippen LogP contribution in [0.15, 0.2) is 182 Å². The third-order valence-corrected chi connectivity index (χ3v) is 9.83. The minimum Gasteiger partial charge on any atom is -0.245 e. The summed E-state index contributed by atoms with van der Waals surface area (Å²) in [6.07, 6.45) is 0. The zero-order chi connectivity index (χ0) is 34.4. The second-order valence-electron chi connectivity index (χ2n) is 13.1. The van der Waals surface area contributed by atoms with Crippen LogP contribution in [-0.4, -0.2) is 19.9 Å². The van der Waals surface area contributed by atoms with E-state index in [0.717, 1.165) is 99.8 Å². The quantitative estimate of drug-likeness (QED) is 0.172. The first kappa shape index (κ1) is 29.8. The van der Waals surface area contributed by atoms with Crippen LogP contribution >= 0.6 is 0 Å². The largest absolute Gasteiger partial charge is 0.245 e. The topological polar surface area (TPSA) is 51.6 Å². The van der Waals surface area contributed by atoms with Crippen LogP contribution < -0.4 is 0 Å². The van der Waals surface area contributed by atoms with Crippen LogP contribution in [0.1, 0.15) is 0 Å². The Morgan fingerprint density at radius 3 is 0.827 bits per heavy atom. The standard InChI is InChI=1S/C48H30N4/c1-3-9-31(10-4-1)41-25-21-33-17-19-35-23-27-43(51-47(35)45(33)49-41)39-15-7-13-37(29-39)38-14-8-16-40(30-38)44-28-24-36-20-18-34-22-26-42(32-11-5-2-6-12-32)50-46(34)48(36)52-44/h1-30H. The van der Waals surface area contributed by atoms with Gasteiger partial charge in [0.1, 0.15) is 0 Å². The summed E-state index contributed by atoms with van der Waals surface area (Å²) in [5, 5.41) is 4.29. The lowest BCUT2D eigenvalue weighted by atomic mass is 9.98. The molecule has 0 aliphatic carbocycles. The predicted molar refractivity (Wildman–Crippen MR) is 215 cm³/mol. The molecule has 0 aliphatic heterocycles. The molecule has 0 unspecified atom stereocenters. The molecule has 242 valence electrons. The van der Waals surface area contributed by atoms with Crippen molar-refractivity contribution in [3.8, 4) is 56.2 Å². The minimum atomic E-state index is 0.903. The zero-order valence-electron chi connectivity index (χ0n) is 28.1. The third kappa shape index (κ3) is 5.34. The van der Waals surface area contributed by atoms with Crippen molar-refractivity contribution in [1.29, 1.82) is 0 Å². The SMILES string of the molecule is c1ccc(-c2ccc3ccc4ccc(-c5cccc(-c6cccc(-c7ccc8ccc9ccc(-c%10ccccc%10)nc9c8n7)c6)c5)nc4c3n2)cc1. The summed E-state index contributed by atoms with van der Waals surface area (Å²) in [7, 11) is 0. The van der Waals surface area contributed by atoms with Crippen LogP contribution in [-0.2, 0) is 0 Å². The third-order valence-electron chi connectivity index (χ3n) is 9.83. The Hall–Kier alpha value is -7.04. The second kappa shape index (κ2) is 12.4. The minimum absolute atomic E-state index is 0.903. The van der Waals surface area contributed by atoms with Crippen molar-refractivity contribution in [2.75, 3.05) is 0 Å². The van der Waals surface area contributed by atoms with E-state index >= 15 is 0 Å². The fourth-order valence-electron chi connectivity index (χ4n) is 7.11. The van der Waals surface area contributed by atoms with Crippen LogP contribution in [0.25, 0.3) is 99.8 Å². The molecule has 10 rings (SSSR count). The summed E-state index contributed by atoms with van der Waals surface area (Å²) >= 11 is 0. The van der Waals surface area contributed by atoms with Crippen molar-refractivity contribution in [2.45, 2.75) is 0 Å². The van der Waals surface area contributed by atoms with Crippen molar-refractivity contribution in [3.05, 3.63) is 182 Å². The first-order valence-corrected chi connectivity index (χ1v) is 17.5. The van der Waals surface area contributed by atoms with Gasteiger partial charge in [-0.25, -0.2) is 19.9 Å². The van der Waals surface area contributed by atoms with E-state index in [4.69, 9.17) is 19.9 Å². The number of fused-ring (bicyclic) bond motifs is 6. The summed E-state index contributed by atoms with van der Waals surface area (Å²) in [6, 6.07) is 63.3. The Bertz CT molecular complexity index is 2750. The molecule has 4 nitrogen and oxygen atoms in total. The Labute approximate surface area is 300 Å². The van der Waals surface area contributed by atoms with Gasteiger partial charge in [0.25, 0.3) is 0 Å². The number of pyridine rings is 4. The van der Waals surface area contributed by atoms with Crippen molar-refractivity contribution in [1.82, 2.24) is 19.9 Å². The van der Waals surface area contributed by atoms with Gasteiger partial charge in [-0.15, -0.1) is 0 Å². The van der Waals surface area contributed by atoms with E-state index in [0.29, 0.717) is 0 Å². The highest BCUT2D eigenvalue weighted by Crippen LogP contribution is 2.33. The van der Waals surface area contributed by atoms with Crippen LogP contribution in [0.4, 0.5) is 0 Å². The van der Waals surface area contributed by atoms with E-state index in [-0.39, 0.29) is 0 Å². The van der Waals surface area contributed by atoms with E-state index in [1.165, 1.54) is 0 Å². The second-order valence-corrected chi connectivity index (χ2v) is 13.1. The Morgan fingerprint density at radius 1 is 0.212 bits per heavy atom. The molecule has 0 bridgehead atoms. The van der Waals surface area contributed by atoms with Gasteiger partial charge in [0.05, 0.1) is 44.8 Å². The molecule has 0 spiro atoms. The van der Waals surface area contributed by atoms with Crippen LogP contribution in [0, 0.1) is 0 Å². The van der Waals surface area contributed by atoms with E-state index in [9.17, 15) is 0 Å². The molecule has 6 aromatic carbocycles. The molecule has 0 amide bonds. The van der Waals surface area contributed by atoms with Gasteiger partial charge in [0.2, 0.25) is 0 Å². The lowest BCUT2D eigenvalue weighted by Crippen LogP contribution is -1.92. The summed E-state index contributed by atoms with van der Waals surface area (Å²) in [5.74, 6) is 0. The highest BCUT2D eigenvalue weighted by molar-refractivity contribution is 6.05. The molecule has 4 aromatic heterocycles. The molecular weight excluding hydrogens is 633 g/mol. The van der Waals surface area contributed by atoms with Crippen LogP contribution in [0.2, 0.25) is 0 Å². The maximum Gasteiger partial charge on any atom is 0.0972 e. The first-order valence-electron chi connectivity index (χ1n) is 17.5. The lowest BCUT2D eigenvalue weighted by molar-refractivity contribution is 1.36. The van der Waals surface area contributed by atoms with Gasteiger partial charge in [-0.1, -0.05) is 146 Å². The number of aromatic nitrogens is 4. The number of hydrogen-bond acceptors (Lipinski definition) is 4. The Morgan fingerprint density at radius 2 is 0.481 bits per heavy atom. The summed E-state index contributed by atoms with van der Waals surface area (Å²) in [5.41, 5.74) is 13.8. The maximum absolute atomic E-state index is 5.21. The monoisotopic (exact) mass is 662 g/mol. The van der Waals surface area contributed by atoms with Gasteiger partial charge >= 0.3 is 0 Å². The number of rotatable bonds is 5. The van der Waals surface area contributed by atoms with E-state index in [1.54, 1.807) is 0 Å². The molecule has 4 heterocycles. The van der Waals surface area contributed by atoms with Crippen molar-refractivity contribution in [2.24, 2.45) is 0 Å². The van der Waals surface area contributed by atoms with Crippen molar-refractivity contribution in [3.63, 3.8) is 0 Å². The maximum atomic E-state index is 5.21. The molecule has 0 atom stereocenters. The average molecular weight is 663 g/mol. The van der Waals surface area contributed by atoms with Gasteiger partial charge in [0.15, 0.2) is 0 Å². The molecule has 0 radical (unpaired) electrons. The smallest absolute Gasteiger partial charge is 0.0972 e. The predicted octanol–water partition coefficient (Wildman–Crippen LogP) is 12.2. The Kier molecular flexibility index (Phi) is 7.10. The fraction of sp³-hybridized carbons (Fsp3) is 0.